The first-order valence-corrected chi connectivity index (χ1v) is 7.20. The molecule has 0 unspecified atom stereocenters. The Morgan fingerprint density at radius 3 is 2.95 bits per heavy atom. The van der Waals surface area contributed by atoms with E-state index in [2.05, 4.69) is 9.97 Å². The smallest absolute Gasteiger partial charge is 0.224 e. The second-order valence-electron chi connectivity index (χ2n) is 4.02. The van der Waals surface area contributed by atoms with E-state index < -0.39 is 0 Å². The minimum absolute atomic E-state index is 0.000740. The van der Waals surface area contributed by atoms with Crippen molar-refractivity contribution in [2.24, 2.45) is 0 Å². The zero-order valence-electron chi connectivity index (χ0n) is 10.9. The average molecular weight is 302 g/mol. The lowest BCUT2D eigenvalue weighted by atomic mass is 10.4. The van der Waals surface area contributed by atoms with Crippen molar-refractivity contribution in [2.75, 3.05) is 31.7 Å². The molecule has 2 aromatic heterocycles. The number of halogens is 1. The third-order valence-corrected chi connectivity index (χ3v) is 3.94. The Hall–Kier alpha value is -0.950. The lowest BCUT2D eigenvalue weighted by Crippen LogP contribution is -2.23. The fourth-order valence-corrected chi connectivity index (χ4v) is 2.90. The number of likely N-dealkylation sites (N-methyl/N-ethyl adjacent to an activating group) is 1. The zero-order chi connectivity index (χ0) is 13.8. The molecule has 0 spiro atoms. The molecule has 0 bridgehead atoms. The van der Waals surface area contributed by atoms with Gasteiger partial charge in [-0.05, 0) is 24.6 Å². The van der Waals surface area contributed by atoms with Crippen LogP contribution < -0.4 is 4.90 Å². The number of aromatic nitrogens is 2. The number of rotatable bonds is 6. The van der Waals surface area contributed by atoms with E-state index >= 15 is 0 Å². The van der Waals surface area contributed by atoms with Crippen molar-refractivity contribution >= 4 is 39.0 Å². The third kappa shape index (κ3) is 3.33. The Kier molecular flexibility index (Phi) is 4.93. The van der Waals surface area contributed by atoms with Gasteiger partial charge in [0.25, 0.3) is 0 Å². The molecule has 2 heterocycles. The first kappa shape index (κ1) is 14.5. The molecule has 19 heavy (non-hydrogen) atoms. The number of hydrogen-bond donors (Lipinski definition) is 1. The number of aliphatic hydroxyl groups excluding tert-OH is 1. The van der Waals surface area contributed by atoms with Crippen LogP contribution in [-0.2, 0) is 11.3 Å². The number of anilines is 1. The summed E-state index contributed by atoms with van der Waals surface area (Å²) in [5.41, 5.74) is 0.771. The van der Waals surface area contributed by atoms with E-state index in [1.165, 1.54) is 11.3 Å². The highest BCUT2D eigenvalue weighted by molar-refractivity contribution is 7.19. The van der Waals surface area contributed by atoms with E-state index in [4.69, 9.17) is 16.3 Å². The molecule has 7 heteroatoms. The van der Waals surface area contributed by atoms with Gasteiger partial charge in [-0.25, -0.2) is 4.98 Å². The van der Waals surface area contributed by atoms with Crippen LogP contribution in [0.2, 0.25) is 5.28 Å². The summed E-state index contributed by atoms with van der Waals surface area (Å²) in [4.78, 5) is 11.3. The first-order valence-electron chi connectivity index (χ1n) is 6.01. The Balaban J connectivity index is 2.32. The van der Waals surface area contributed by atoms with E-state index in [9.17, 15) is 5.11 Å². The van der Waals surface area contributed by atoms with Gasteiger partial charge in [-0.3, -0.25) is 0 Å². The van der Waals surface area contributed by atoms with Crippen LogP contribution in [0.5, 0.6) is 0 Å². The molecule has 0 aromatic carbocycles. The summed E-state index contributed by atoms with van der Waals surface area (Å²) < 4.78 is 6.28. The van der Waals surface area contributed by atoms with Crippen molar-refractivity contribution in [3.63, 3.8) is 0 Å². The third-order valence-electron chi connectivity index (χ3n) is 2.67. The summed E-state index contributed by atoms with van der Waals surface area (Å²) in [7, 11) is 1.94. The van der Waals surface area contributed by atoms with E-state index in [0.717, 1.165) is 27.5 Å². The summed E-state index contributed by atoms with van der Waals surface area (Å²) in [6.45, 7) is 4.02. The summed E-state index contributed by atoms with van der Waals surface area (Å²) in [5.74, 6) is 0.777. The second-order valence-corrected chi connectivity index (χ2v) is 5.49. The predicted molar refractivity (Wildman–Crippen MR) is 78.1 cm³/mol. The number of thiophene rings is 1. The SMILES string of the molecule is CCOCCN(C)c1nc(Cl)nc2cc(CO)sc12. The molecular weight excluding hydrogens is 286 g/mol. The molecule has 104 valence electrons. The molecule has 0 aliphatic rings. The minimum atomic E-state index is 0.000740. The molecule has 0 aliphatic heterocycles. The van der Waals surface area contributed by atoms with Crippen LogP contribution >= 0.6 is 22.9 Å². The largest absolute Gasteiger partial charge is 0.391 e. The van der Waals surface area contributed by atoms with Gasteiger partial charge in [-0.1, -0.05) is 0 Å². The van der Waals surface area contributed by atoms with Crippen molar-refractivity contribution in [2.45, 2.75) is 13.5 Å². The van der Waals surface area contributed by atoms with Crippen LogP contribution in [0.1, 0.15) is 11.8 Å². The topological polar surface area (TPSA) is 58.5 Å². The molecule has 0 saturated carbocycles. The monoisotopic (exact) mass is 301 g/mol. The molecule has 0 radical (unpaired) electrons. The van der Waals surface area contributed by atoms with Gasteiger partial charge < -0.3 is 14.7 Å². The first-order chi connectivity index (χ1) is 9.15. The van der Waals surface area contributed by atoms with Gasteiger partial charge >= 0.3 is 0 Å². The summed E-state index contributed by atoms with van der Waals surface area (Å²) in [5, 5.41) is 9.42. The summed E-state index contributed by atoms with van der Waals surface area (Å²) >= 11 is 7.43. The van der Waals surface area contributed by atoms with E-state index in [1.54, 1.807) is 0 Å². The molecular formula is C12H16ClN3O2S. The maximum Gasteiger partial charge on any atom is 0.224 e. The highest BCUT2D eigenvalue weighted by atomic mass is 35.5. The van der Waals surface area contributed by atoms with Gasteiger partial charge in [0.1, 0.15) is 0 Å². The van der Waals surface area contributed by atoms with E-state index in [-0.39, 0.29) is 11.9 Å². The van der Waals surface area contributed by atoms with Crippen LogP contribution in [0, 0.1) is 0 Å². The van der Waals surface area contributed by atoms with E-state index in [0.29, 0.717) is 13.2 Å². The zero-order valence-corrected chi connectivity index (χ0v) is 12.5. The fraction of sp³-hybridized carbons (Fsp3) is 0.500. The fourth-order valence-electron chi connectivity index (χ4n) is 1.73. The standard InChI is InChI=1S/C12H16ClN3O2S/c1-3-18-5-4-16(2)11-10-9(14-12(13)15-11)6-8(7-17)19-10/h6,17H,3-5,7H2,1-2H3. The lowest BCUT2D eigenvalue weighted by Gasteiger charge is -2.18. The highest BCUT2D eigenvalue weighted by Gasteiger charge is 2.14. The number of hydrogen-bond acceptors (Lipinski definition) is 6. The van der Waals surface area contributed by atoms with Crippen LogP contribution in [-0.4, -0.2) is 41.9 Å². The molecule has 0 fully saturated rings. The van der Waals surface area contributed by atoms with Gasteiger partial charge in [0.15, 0.2) is 5.82 Å². The number of aliphatic hydroxyl groups is 1. The van der Waals surface area contributed by atoms with Crippen molar-refractivity contribution in [1.29, 1.82) is 0 Å². The molecule has 2 rings (SSSR count). The normalized spacial score (nSPS) is 11.2. The van der Waals surface area contributed by atoms with Crippen molar-refractivity contribution in [3.05, 3.63) is 16.2 Å². The van der Waals surface area contributed by atoms with Crippen LogP contribution in [0.3, 0.4) is 0 Å². The highest BCUT2D eigenvalue weighted by Crippen LogP contribution is 2.32. The minimum Gasteiger partial charge on any atom is -0.391 e. The molecule has 2 aromatic rings. The van der Waals surface area contributed by atoms with Gasteiger partial charge in [-0.15, -0.1) is 11.3 Å². The second kappa shape index (κ2) is 6.47. The molecule has 0 saturated heterocycles. The average Bonchev–Trinajstić information content (AvgIpc) is 2.80. The Morgan fingerprint density at radius 1 is 1.47 bits per heavy atom. The quantitative estimate of drug-likeness (QED) is 0.655. The van der Waals surface area contributed by atoms with Gasteiger partial charge in [-0.2, -0.15) is 4.98 Å². The van der Waals surface area contributed by atoms with Crippen molar-refractivity contribution in [3.8, 4) is 0 Å². The van der Waals surface area contributed by atoms with Crippen molar-refractivity contribution in [1.82, 2.24) is 9.97 Å². The Labute approximate surface area is 120 Å². The Bertz CT molecular complexity index is 561. The maximum atomic E-state index is 9.21. The number of ether oxygens (including phenoxy) is 1. The van der Waals surface area contributed by atoms with Gasteiger partial charge in [0.2, 0.25) is 5.28 Å². The summed E-state index contributed by atoms with van der Waals surface area (Å²) in [6.07, 6.45) is 0. The maximum absolute atomic E-state index is 9.21. The molecule has 5 nitrogen and oxygen atoms in total. The lowest BCUT2D eigenvalue weighted by molar-refractivity contribution is 0.154. The van der Waals surface area contributed by atoms with Crippen LogP contribution in [0.4, 0.5) is 5.82 Å². The number of fused-ring (bicyclic) bond motifs is 1. The van der Waals surface area contributed by atoms with E-state index in [1.807, 2.05) is 24.9 Å². The van der Waals surface area contributed by atoms with Gasteiger partial charge in [0.05, 0.1) is 23.4 Å². The number of nitrogens with zero attached hydrogens (tertiary/aromatic N) is 3. The predicted octanol–water partition coefficient (Wildman–Crippen LogP) is 2.31. The molecule has 0 amide bonds. The summed E-state index contributed by atoms with van der Waals surface area (Å²) in [6, 6.07) is 1.84. The molecule has 0 aliphatic carbocycles. The van der Waals surface area contributed by atoms with Gasteiger partial charge in [0, 0.05) is 25.1 Å². The molecule has 1 N–H and O–H groups in total. The molecule has 0 atom stereocenters. The van der Waals surface area contributed by atoms with Crippen LogP contribution in [0.15, 0.2) is 6.07 Å². The van der Waals surface area contributed by atoms with Crippen LogP contribution in [0.25, 0.3) is 10.2 Å². The van der Waals surface area contributed by atoms with Crippen molar-refractivity contribution < 1.29 is 9.84 Å². The Morgan fingerprint density at radius 2 is 2.26 bits per heavy atom.